The molecule has 3 heterocycles. The van der Waals surface area contributed by atoms with Gasteiger partial charge in [0.25, 0.3) is 11.8 Å². The maximum absolute atomic E-state index is 12.9. The molecule has 1 aliphatic rings. The molecule has 0 radical (unpaired) electrons. The predicted molar refractivity (Wildman–Crippen MR) is 110 cm³/mol. The number of furan rings is 1. The average molecular weight is 415 g/mol. The Kier molecular flexibility index (Phi) is 6.28. The lowest BCUT2D eigenvalue weighted by Gasteiger charge is -2.40. The van der Waals surface area contributed by atoms with E-state index in [1.807, 2.05) is 6.07 Å². The first-order valence-corrected chi connectivity index (χ1v) is 10.2. The summed E-state index contributed by atoms with van der Waals surface area (Å²) in [5, 5.41) is 9.98. The molecule has 0 bridgehead atoms. The Morgan fingerprint density at radius 3 is 2.73 bits per heavy atom. The highest BCUT2D eigenvalue weighted by atomic mass is 16.3. The SMILES string of the molecule is CC(C)CCNC(=O)[C@]1(C)Cn2nc(C(=O)NCCc3ccco3)cc2C(=O)N1C. The highest BCUT2D eigenvalue weighted by molar-refractivity contribution is 6.01. The lowest BCUT2D eigenvalue weighted by molar-refractivity contribution is -0.132. The number of carbonyl (C=O) groups excluding carboxylic acids is 3. The van der Waals surface area contributed by atoms with Gasteiger partial charge in [-0.3, -0.25) is 19.1 Å². The molecular weight excluding hydrogens is 386 g/mol. The first kappa shape index (κ1) is 21.6. The molecule has 1 aliphatic heterocycles. The molecule has 0 aromatic carbocycles. The van der Waals surface area contributed by atoms with Crippen molar-refractivity contribution in [2.45, 2.75) is 45.7 Å². The van der Waals surface area contributed by atoms with Crippen LogP contribution < -0.4 is 10.6 Å². The van der Waals surface area contributed by atoms with Crippen LogP contribution in [0.3, 0.4) is 0 Å². The number of amides is 3. The third kappa shape index (κ3) is 4.39. The Bertz CT molecular complexity index is 918. The maximum Gasteiger partial charge on any atom is 0.272 e. The number of rotatable bonds is 8. The number of fused-ring (bicyclic) bond motifs is 1. The molecule has 3 amide bonds. The van der Waals surface area contributed by atoms with Crippen molar-refractivity contribution in [1.82, 2.24) is 25.3 Å². The number of likely N-dealkylation sites (N-methyl/N-ethyl adjacent to an activating group) is 1. The van der Waals surface area contributed by atoms with Crippen molar-refractivity contribution in [2.24, 2.45) is 5.92 Å². The molecule has 0 spiro atoms. The molecule has 9 heteroatoms. The topological polar surface area (TPSA) is 109 Å². The smallest absolute Gasteiger partial charge is 0.272 e. The molecule has 0 aliphatic carbocycles. The minimum atomic E-state index is -1.08. The van der Waals surface area contributed by atoms with Crippen molar-refractivity contribution in [3.63, 3.8) is 0 Å². The van der Waals surface area contributed by atoms with E-state index in [0.717, 1.165) is 12.2 Å². The molecule has 0 unspecified atom stereocenters. The summed E-state index contributed by atoms with van der Waals surface area (Å²) < 4.78 is 6.69. The minimum Gasteiger partial charge on any atom is -0.469 e. The van der Waals surface area contributed by atoms with Crippen LogP contribution in [0.2, 0.25) is 0 Å². The van der Waals surface area contributed by atoms with E-state index in [1.54, 1.807) is 26.3 Å². The van der Waals surface area contributed by atoms with E-state index in [2.05, 4.69) is 29.6 Å². The van der Waals surface area contributed by atoms with Gasteiger partial charge in [0.1, 0.15) is 17.0 Å². The zero-order valence-electron chi connectivity index (χ0n) is 17.9. The third-order valence-electron chi connectivity index (χ3n) is 5.47. The fraction of sp³-hybridized carbons (Fsp3) is 0.524. The van der Waals surface area contributed by atoms with Gasteiger partial charge in [-0.1, -0.05) is 13.8 Å². The average Bonchev–Trinajstić information content (AvgIpc) is 3.35. The Morgan fingerprint density at radius 2 is 2.07 bits per heavy atom. The van der Waals surface area contributed by atoms with Crippen molar-refractivity contribution in [1.29, 1.82) is 0 Å². The summed E-state index contributed by atoms with van der Waals surface area (Å²) in [5.74, 6) is 0.294. The Hall–Kier alpha value is -3.10. The molecule has 162 valence electrons. The zero-order chi connectivity index (χ0) is 21.9. The van der Waals surface area contributed by atoms with Crippen molar-refractivity contribution < 1.29 is 18.8 Å². The lowest BCUT2D eigenvalue weighted by atomic mass is 9.95. The van der Waals surface area contributed by atoms with Gasteiger partial charge in [0.05, 0.1) is 12.8 Å². The van der Waals surface area contributed by atoms with Crippen LogP contribution in [0.25, 0.3) is 0 Å². The number of aromatic nitrogens is 2. The fourth-order valence-corrected chi connectivity index (χ4v) is 3.35. The second-order valence-corrected chi connectivity index (χ2v) is 8.23. The molecule has 2 aromatic rings. The van der Waals surface area contributed by atoms with Gasteiger partial charge in [0.15, 0.2) is 5.69 Å². The van der Waals surface area contributed by atoms with Crippen LogP contribution in [0.4, 0.5) is 0 Å². The van der Waals surface area contributed by atoms with E-state index in [4.69, 9.17) is 4.42 Å². The van der Waals surface area contributed by atoms with E-state index >= 15 is 0 Å². The van der Waals surface area contributed by atoms with Gasteiger partial charge in [0.2, 0.25) is 5.91 Å². The summed E-state index contributed by atoms with van der Waals surface area (Å²) in [4.78, 5) is 39.6. The lowest BCUT2D eigenvalue weighted by Crippen LogP contribution is -2.62. The van der Waals surface area contributed by atoms with Gasteiger partial charge in [-0.15, -0.1) is 0 Å². The summed E-state index contributed by atoms with van der Waals surface area (Å²) in [6.07, 6.45) is 3.00. The second-order valence-electron chi connectivity index (χ2n) is 8.23. The largest absolute Gasteiger partial charge is 0.469 e. The summed E-state index contributed by atoms with van der Waals surface area (Å²) >= 11 is 0. The van der Waals surface area contributed by atoms with Crippen LogP contribution in [-0.2, 0) is 17.8 Å². The summed E-state index contributed by atoms with van der Waals surface area (Å²) in [5.41, 5.74) is -0.642. The maximum atomic E-state index is 12.9. The number of nitrogens with zero attached hydrogens (tertiary/aromatic N) is 3. The third-order valence-corrected chi connectivity index (χ3v) is 5.47. The highest BCUT2D eigenvalue weighted by Gasteiger charge is 2.46. The van der Waals surface area contributed by atoms with Gasteiger partial charge in [-0.25, -0.2) is 0 Å². The fourth-order valence-electron chi connectivity index (χ4n) is 3.35. The van der Waals surface area contributed by atoms with Crippen LogP contribution in [0, 0.1) is 5.92 Å². The Morgan fingerprint density at radius 1 is 1.30 bits per heavy atom. The molecule has 2 aromatic heterocycles. The zero-order valence-corrected chi connectivity index (χ0v) is 17.9. The van der Waals surface area contributed by atoms with Gasteiger partial charge >= 0.3 is 0 Å². The standard InChI is InChI=1S/C21H29N5O4/c1-14(2)7-9-23-20(29)21(3)13-26-17(19(28)25(21)4)12-16(24-26)18(27)22-10-8-15-6-5-11-30-15/h5-6,11-12,14H,7-10,13H2,1-4H3,(H,22,27)(H,23,29)/t21-/m0/s1. The Balaban J connectivity index is 1.68. The van der Waals surface area contributed by atoms with Crippen LogP contribution in [0.15, 0.2) is 28.9 Å². The van der Waals surface area contributed by atoms with Crippen molar-refractivity contribution in [2.75, 3.05) is 20.1 Å². The molecule has 1 atom stereocenters. The summed E-state index contributed by atoms with van der Waals surface area (Å²) in [6, 6.07) is 5.10. The normalized spacial score (nSPS) is 18.4. The van der Waals surface area contributed by atoms with E-state index in [9.17, 15) is 14.4 Å². The molecular formula is C21H29N5O4. The van der Waals surface area contributed by atoms with Gasteiger partial charge in [0, 0.05) is 32.6 Å². The molecule has 3 rings (SSSR count). The first-order valence-electron chi connectivity index (χ1n) is 10.2. The Labute approximate surface area is 175 Å². The number of carbonyl (C=O) groups is 3. The molecule has 0 fully saturated rings. The molecule has 0 saturated carbocycles. The van der Waals surface area contributed by atoms with Gasteiger partial charge in [-0.2, -0.15) is 5.10 Å². The van der Waals surface area contributed by atoms with Gasteiger partial charge in [-0.05, 0) is 31.4 Å². The molecule has 9 nitrogen and oxygen atoms in total. The molecule has 30 heavy (non-hydrogen) atoms. The monoisotopic (exact) mass is 415 g/mol. The van der Waals surface area contributed by atoms with Crippen LogP contribution in [-0.4, -0.2) is 58.1 Å². The van der Waals surface area contributed by atoms with Crippen molar-refractivity contribution in [3.8, 4) is 0 Å². The number of hydrogen-bond donors (Lipinski definition) is 2. The second kappa shape index (κ2) is 8.73. The van der Waals surface area contributed by atoms with E-state index < -0.39 is 5.54 Å². The van der Waals surface area contributed by atoms with Crippen LogP contribution >= 0.6 is 0 Å². The molecule has 0 saturated heterocycles. The first-order chi connectivity index (χ1) is 14.2. The van der Waals surface area contributed by atoms with Crippen molar-refractivity contribution in [3.05, 3.63) is 41.6 Å². The number of hydrogen-bond acceptors (Lipinski definition) is 5. The van der Waals surface area contributed by atoms with E-state index in [1.165, 1.54) is 15.6 Å². The minimum absolute atomic E-state index is 0.149. The van der Waals surface area contributed by atoms with E-state index in [-0.39, 0.29) is 30.0 Å². The summed E-state index contributed by atoms with van der Waals surface area (Å²) in [6.45, 7) is 6.99. The number of nitrogens with one attached hydrogen (secondary N) is 2. The highest BCUT2D eigenvalue weighted by Crippen LogP contribution is 2.26. The van der Waals surface area contributed by atoms with E-state index in [0.29, 0.717) is 31.1 Å². The van der Waals surface area contributed by atoms with Crippen molar-refractivity contribution >= 4 is 17.7 Å². The predicted octanol–water partition coefficient (Wildman–Crippen LogP) is 1.46. The van der Waals surface area contributed by atoms with Crippen LogP contribution in [0.5, 0.6) is 0 Å². The summed E-state index contributed by atoms with van der Waals surface area (Å²) in [7, 11) is 1.60. The van der Waals surface area contributed by atoms with Gasteiger partial charge < -0.3 is 20.0 Å². The quantitative estimate of drug-likeness (QED) is 0.678. The van der Waals surface area contributed by atoms with Crippen LogP contribution in [0.1, 0.15) is 53.9 Å². The molecule has 2 N–H and O–H groups in total.